The molecule has 0 radical (unpaired) electrons. The van der Waals surface area contributed by atoms with Crippen LogP contribution in [0.3, 0.4) is 0 Å². The summed E-state index contributed by atoms with van der Waals surface area (Å²) in [5, 5.41) is 2.73. The quantitative estimate of drug-likeness (QED) is 0.608. The number of benzene rings is 3. The molecule has 29 heavy (non-hydrogen) atoms. The van der Waals surface area contributed by atoms with Crippen molar-refractivity contribution < 1.29 is 9.59 Å². The highest BCUT2D eigenvalue weighted by molar-refractivity contribution is 6.39. The van der Waals surface area contributed by atoms with Crippen molar-refractivity contribution in [2.75, 3.05) is 5.32 Å². The second-order valence-electron chi connectivity index (χ2n) is 7.36. The molecule has 3 aromatic rings. The molecule has 3 rings (SSSR count). The van der Waals surface area contributed by atoms with E-state index >= 15 is 0 Å². The lowest BCUT2D eigenvalue weighted by Gasteiger charge is -2.22. The second kappa shape index (κ2) is 9.69. The van der Waals surface area contributed by atoms with Gasteiger partial charge in [-0.15, -0.1) is 0 Å². The highest BCUT2D eigenvalue weighted by Crippen LogP contribution is 2.17. The van der Waals surface area contributed by atoms with Gasteiger partial charge in [-0.1, -0.05) is 86.6 Å². The number of carbonyl (C=O) groups is 2. The molecule has 4 nitrogen and oxygen atoms in total. The van der Waals surface area contributed by atoms with Crippen LogP contribution in [0.2, 0.25) is 0 Å². The number of anilines is 1. The van der Waals surface area contributed by atoms with Crippen molar-refractivity contribution >= 4 is 17.5 Å². The summed E-state index contributed by atoms with van der Waals surface area (Å²) in [6.45, 7) is 4.97. The molecule has 0 aliphatic rings. The molecular weight excluding hydrogens is 360 g/mol. The standard InChI is InChI=1S/C25H26N2O2/c1-19(2)22-13-15-23(16-14-22)26-24(28)25(29)27(17-20-9-5-3-6-10-20)18-21-11-7-4-8-12-21/h3-16,19H,17-18H2,1-2H3,(H,26,28). The monoisotopic (exact) mass is 386 g/mol. The normalized spacial score (nSPS) is 10.6. The first-order valence-corrected chi connectivity index (χ1v) is 9.81. The van der Waals surface area contributed by atoms with E-state index in [4.69, 9.17) is 0 Å². The lowest BCUT2D eigenvalue weighted by atomic mass is 10.0. The Balaban J connectivity index is 1.74. The number of amides is 2. The number of nitrogens with one attached hydrogen (secondary N) is 1. The molecule has 0 unspecified atom stereocenters. The van der Waals surface area contributed by atoms with Gasteiger partial charge in [-0.3, -0.25) is 9.59 Å². The van der Waals surface area contributed by atoms with Crippen molar-refractivity contribution in [3.8, 4) is 0 Å². The van der Waals surface area contributed by atoms with E-state index < -0.39 is 11.8 Å². The van der Waals surface area contributed by atoms with Gasteiger partial charge in [0.25, 0.3) is 0 Å². The number of rotatable bonds is 6. The average molecular weight is 386 g/mol. The molecule has 2 amide bonds. The molecule has 0 aliphatic carbocycles. The summed E-state index contributed by atoms with van der Waals surface area (Å²) >= 11 is 0. The fraction of sp³-hybridized carbons (Fsp3) is 0.200. The van der Waals surface area contributed by atoms with Gasteiger partial charge in [0.2, 0.25) is 0 Å². The summed E-state index contributed by atoms with van der Waals surface area (Å²) in [4.78, 5) is 27.2. The Morgan fingerprint density at radius 1 is 0.759 bits per heavy atom. The minimum atomic E-state index is -0.630. The van der Waals surface area contributed by atoms with Crippen molar-refractivity contribution in [1.82, 2.24) is 4.90 Å². The van der Waals surface area contributed by atoms with Crippen LogP contribution in [0.5, 0.6) is 0 Å². The Hall–Kier alpha value is -3.40. The zero-order valence-electron chi connectivity index (χ0n) is 16.8. The first-order chi connectivity index (χ1) is 14.0. The van der Waals surface area contributed by atoms with Gasteiger partial charge in [0.05, 0.1) is 0 Å². The maximum Gasteiger partial charge on any atom is 0.313 e. The van der Waals surface area contributed by atoms with E-state index in [-0.39, 0.29) is 0 Å². The van der Waals surface area contributed by atoms with Crippen LogP contribution in [0.4, 0.5) is 5.69 Å². The predicted octanol–water partition coefficient (Wildman–Crippen LogP) is 4.98. The van der Waals surface area contributed by atoms with Gasteiger partial charge in [-0.25, -0.2) is 0 Å². The van der Waals surface area contributed by atoms with Crippen LogP contribution in [0.15, 0.2) is 84.9 Å². The van der Waals surface area contributed by atoms with E-state index in [1.807, 2.05) is 84.9 Å². The maximum atomic E-state index is 12.9. The zero-order valence-corrected chi connectivity index (χ0v) is 16.8. The molecule has 0 bridgehead atoms. The fourth-order valence-electron chi connectivity index (χ4n) is 3.09. The van der Waals surface area contributed by atoms with Gasteiger partial charge in [-0.2, -0.15) is 0 Å². The van der Waals surface area contributed by atoms with Crippen LogP contribution in [0.25, 0.3) is 0 Å². The zero-order chi connectivity index (χ0) is 20.6. The fourth-order valence-corrected chi connectivity index (χ4v) is 3.09. The van der Waals surface area contributed by atoms with E-state index in [0.717, 1.165) is 11.1 Å². The lowest BCUT2D eigenvalue weighted by molar-refractivity contribution is -0.144. The first-order valence-electron chi connectivity index (χ1n) is 9.81. The first kappa shape index (κ1) is 20.3. The lowest BCUT2D eigenvalue weighted by Crippen LogP contribution is -2.38. The molecule has 4 heteroatoms. The Morgan fingerprint density at radius 2 is 1.24 bits per heavy atom. The van der Waals surface area contributed by atoms with Crippen molar-refractivity contribution in [3.63, 3.8) is 0 Å². The van der Waals surface area contributed by atoms with E-state index in [1.54, 1.807) is 4.90 Å². The van der Waals surface area contributed by atoms with Crippen LogP contribution in [0, 0.1) is 0 Å². The van der Waals surface area contributed by atoms with Crippen molar-refractivity contribution in [1.29, 1.82) is 0 Å². The minimum absolute atomic E-state index is 0.369. The highest BCUT2D eigenvalue weighted by atomic mass is 16.2. The molecule has 0 aliphatic heterocycles. The Bertz CT molecular complexity index is 894. The average Bonchev–Trinajstić information content (AvgIpc) is 2.74. The third-order valence-corrected chi connectivity index (χ3v) is 4.75. The number of hydrogen-bond acceptors (Lipinski definition) is 2. The SMILES string of the molecule is CC(C)c1ccc(NC(=O)C(=O)N(Cc2ccccc2)Cc2ccccc2)cc1. The predicted molar refractivity (Wildman–Crippen MR) is 116 cm³/mol. The summed E-state index contributed by atoms with van der Waals surface area (Å²) in [5.74, 6) is -0.770. The summed E-state index contributed by atoms with van der Waals surface area (Å²) in [6.07, 6.45) is 0. The summed E-state index contributed by atoms with van der Waals surface area (Å²) in [7, 11) is 0. The van der Waals surface area contributed by atoms with E-state index in [1.165, 1.54) is 5.56 Å². The summed E-state index contributed by atoms with van der Waals surface area (Å²) in [6, 6.07) is 27.0. The molecule has 148 valence electrons. The van der Waals surface area contributed by atoms with Gasteiger partial charge in [0.1, 0.15) is 0 Å². The Morgan fingerprint density at radius 3 is 1.69 bits per heavy atom. The van der Waals surface area contributed by atoms with Crippen LogP contribution in [-0.4, -0.2) is 16.7 Å². The molecule has 0 saturated carbocycles. The molecule has 0 aromatic heterocycles. The van der Waals surface area contributed by atoms with Gasteiger partial charge < -0.3 is 10.2 Å². The van der Waals surface area contributed by atoms with Crippen molar-refractivity contribution in [2.45, 2.75) is 32.9 Å². The smallest absolute Gasteiger partial charge is 0.313 e. The van der Waals surface area contributed by atoms with E-state index in [0.29, 0.717) is 24.7 Å². The largest absolute Gasteiger partial charge is 0.326 e. The van der Waals surface area contributed by atoms with Gasteiger partial charge >= 0.3 is 11.8 Å². The van der Waals surface area contributed by atoms with Crippen molar-refractivity contribution in [3.05, 3.63) is 102 Å². The third-order valence-electron chi connectivity index (χ3n) is 4.75. The number of hydrogen-bond donors (Lipinski definition) is 1. The number of carbonyl (C=O) groups excluding carboxylic acids is 2. The van der Waals surface area contributed by atoms with E-state index in [2.05, 4.69) is 19.2 Å². The molecule has 1 N–H and O–H groups in total. The van der Waals surface area contributed by atoms with Crippen LogP contribution in [-0.2, 0) is 22.7 Å². The second-order valence-corrected chi connectivity index (χ2v) is 7.36. The van der Waals surface area contributed by atoms with Crippen molar-refractivity contribution in [2.24, 2.45) is 0 Å². The highest BCUT2D eigenvalue weighted by Gasteiger charge is 2.22. The van der Waals surface area contributed by atoms with Crippen LogP contribution >= 0.6 is 0 Å². The molecule has 0 fully saturated rings. The Kier molecular flexibility index (Phi) is 6.80. The molecule has 0 saturated heterocycles. The third kappa shape index (κ3) is 5.79. The topological polar surface area (TPSA) is 49.4 Å². The van der Waals surface area contributed by atoms with Gasteiger partial charge in [0.15, 0.2) is 0 Å². The van der Waals surface area contributed by atoms with Crippen LogP contribution < -0.4 is 5.32 Å². The Labute approximate surface area is 172 Å². The molecule has 0 atom stereocenters. The molecule has 0 spiro atoms. The molecular formula is C25H26N2O2. The van der Waals surface area contributed by atoms with Gasteiger partial charge in [0, 0.05) is 18.8 Å². The molecule has 0 heterocycles. The summed E-state index contributed by atoms with van der Waals surface area (Å²) < 4.78 is 0. The summed E-state index contributed by atoms with van der Waals surface area (Å²) in [5.41, 5.74) is 3.76. The number of nitrogens with zero attached hydrogens (tertiary/aromatic N) is 1. The van der Waals surface area contributed by atoms with Gasteiger partial charge in [-0.05, 0) is 34.7 Å². The maximum absolute atomic E-state index is 12.9. The minimum Gasteiger partial charge on any atom is -0.326 e. The van der Waals surface area contributed by atoms with E-state index in [9.17, 15) is 9.59 Å². The van der Waals surface area contributed by atoms with Crippen LogP contribution in [0.1, 0.15) is 36.5 Å². The molecule has 3 aromatic carbocycles.